The van der Waals surface area contributed by atoms with Crippen LogP contribution in [0.1, 0.15) is 11.1 Å². The number of benzene rings is 3. The number of aryl methyl sites for hydroxylation is 2. The highest BCUT2D eigenvalue weighted by Crippen LogP contribution is 2.36. The SMILES string of the molecule is Cc1cc([S+](c2cc(F)cc(F)c2)c2cc(F)cc(F)c2)cc(C)c1OCCBr.O=S(=O)([O-])C(F)(F)F. The zero-order valence-corrected chi connectivity index (χ0v) is 22.2. The summed E-state index contributed by atoms with van der Waals surface area (Å²) in [6.45, 7) is 4.21. The fraction of sp³-hybridized carbons (Fsp3) is 0.217. The smallest absolute Gasteiger partial charge is 0.485 e. The molecule has 0 heterocycles. The number of hydrogen-bond acceptors (Lipinski definition) is 4. The van der Waals surface area contributed by atoms with Gasteiger partial charge in [-0.2, -0.15) is 13.2 Å². The van der Waals surface area contributed by atoms with Crippen LogP contribution < -0.4 is 4.74 Å². The first kappa shape index (κ1) is 30.9. The Kier molecular flexibility index (Phi) is 10.5. The minimum absolute atomic E-state index is 0.292. The van der Waals surface area contributed by atoms with E-state index >= 15 is 0 Å². The van der Waals surface area contributed by atoms with Crippen molar-refractivity contribution in [3.8, 4) is 5.75 Å². The molecule has 0 saturated carbocycles. The highest BCUT2D eigenvalue weighted by molar-refractivity contribution is 9.09. The van der Waals surface area contributed by atoms with Crippen LogP contribution in [0.3, 0.4) is 0 Å². The average molecular weight is 635 g/mol. The second-order valence-electron chi connectivity index (χ2n) is 7.34. The van der Waals surface area contributed by atoms with E-state index in [2.05, 4.69) is 15.9 Å². The molecule has 0 unspecified atom stereocenters. The third-order valence-electron chi connectivity index (χ3n) is 4.42. The molecule has 0 aliphatic heterocycles. The van der Waals surface area contributed by atoms with Gasteiger partial charge in [-0.05, 0) is 25.0 Å². The molecule has 14 heteroatoms. The molecule has 37 heavy (non-hydrogen) atoms. The highest BCUT2D eigenvalue weighted by Gasteiger charge is 2.37. The van der Waals surface area contributed by atoms with Gasteiger partial charge in [0.15, 0.2) is 24.8 Å². The lowest BCUT2D eigenvalue weighted by molar-refractivity contribution is -0.0517. The standard InChI is InChI=1S/C22H18BrF4OS.CHF3O3S/c1-13-5-19(6-14(2)22(13)28-4-3-23)29(20-9-15(24)7-16(25)10-20)21-11-17(26)8-18(27)12-21;2-1(3,4)8(5,6)7/h5-12H,3-4H2,1-2H3;(H,5,6,7)/q+1;/p-1. The summed E-state index contributed by atoms with van der Waals surface area (Å²) >= 11 is 3.32. The Morgan fingerprint density at radius 3 is 1.41 bits per heavy atom. The molecule has 0 aromatic heterocycles. The largest absolute Gasteiger partial charge is 0.741 e. The molecule has 0 aliphatic carbocycles. The molecule has 4 nitrogen and oxygen atoms in total. The van der Waals surface area contributed by atoms with Gasteiger partial charge in [0, 0.05) is 53.9 Å². The van der Waals surface area contributed by atoms with Crippen LogP contribution in [-0.4, -0.2) is 30.4 Å². The van der Waals surface area contributed by atoms with E-state index in [9.17, 15) is 30.7 Å². The Bertz CT molecular complexity index is 1250. The Morgan fingerprint density at radius 2 is 1.11 bits per heavy atom. The number of rotatable bonds is 6. The third kappa shape index (κ3) is 8.62. The van der Waals surface area contributed by atoms with Crippen LogP contribution in [0.15, 0.2) is 63.2 Å². The Morgan fingerprint density at radius 1 is 0.784 bits per heavy atom. The lowest BCUT2D eigenvalue weighted by atomic mass is 10.1. The van der Waals surface area contributed by atoms with E-state index in [1.54, 1.807) is 0 Å². The molecule has 0 saturated heterocycles. The summed E-state index contributed by atoms with van der Waals surface area (Å²) in [6.07, 6.45) is 0. The van der Waals surface area contributed by atoms with Crippen LogP contribution >= 0.6 is 15.9 Å². The summed E-state index contributed by atoms with van der Waals surface area (Å²) in [4.78, 5) is 1.27. The monoisotopic (exact) mass is 634 g/mol. The molecule has 3 aromatic carbocycles. The first-order chi connectivity index (χ1) is 17.0. The Hall–Kier alpha value is -2.29. The van der Waals surface area contributed by atoms with Crippen molar-refractivity contribution in [2.24, 2.45) is 0 Å². The van der Waals surface area contributed by atoms with E-state index in [-0.39, 0.29) is 0 Å². The van der Waals surface area contributed by atoms with Crippen molar-refractivity contribution in [2.45, 2.75) is 34.0 Å². The molecular formula is C23H18BrF7O4S2. The van der Waals surface area contributed by atoms with Gasteiger partial charge in [0.05, 0.1) is 17.5 Å². The van der Waals surface area contributed by atoms with Gasteiger partial charge in [-0.15, -0.1) is 0 Å². The van der Waals surface area contributed by atoms with Crippen LogP contribution in [0.4, 0.5) is 30.7 Å². The molecule has 0 N–H and O–H groups in total. The lowest BCUT2D eigenvalue weighted by Gasteiger charge is -2.14. The number of hydrogen-bond donors (Lipinski definition) is 0. The fourth-order valence-electron chi connectivity index (χ4n) is 3.10. The van der Waals surface area contributed by atoms with Gasteiger partial charge in [-0.3, -0.25) is 0 Å². The molecule has 0 radical (unpaired) electrons. The van der Waals surface area contributed by atoms with Gasteiger partial charge in [0.25, 0.3) is 0 Å². The van der Waals surface area contributed by atoms with E-state index in [1.165, 1.54) is 24.3 Å². The van der Waals surface area contributed by atoms with E-state index in [0.29, 0.717) is 32.4 Å². The van der Waals surface area contributed by atoms with Crippen molar-refractivity contribution in [1.29, 1.82) is 0 Å². The van der Waals surface area contributed by atoms with E-state index < -0.39 is 49.8 Å². The molecule has 0 aliphatic rings. The zero-order chi connectivity index (χ0) is 28.1. The molecule has 0 bridgehead atoms. The van der Waals surface area contributed by atoms with Crippen LogP contribution in [-0.2, 0) is 21.0 Å². The maximum atomic E-state index is 13.9. The molecule has 3 aromatic rings. The quantitative estimate of drug-likeness (QED) is 0.0986. The molecule has 202 valence electrons. The summed E-state index contributed by atoms with van der Waals surface area (Å²) in [5.41, 5.74) is -3.99. The first-order valence-electron chi connectivity index (χ1n) is 10.0. The minimum Gasteiger partial charge on any atom is -0.741 e. The van der Waals surface area contributed by atoms with E-state index in [0.717, 1.165) is 23.3 Å². The fourth-order valence-corrected chi connectivity index (χ4v) is 5.59. The van der Waals surface area contributed by atoms with E-state index in [4.69, 9.17) is 17.7 Å². The minimum atomic E-state index is -6.09. The van der Waals surface area contributed by atoms with Crippen LogP contribution in [0, 0.1) is 37.1 Å². The second kappa shape index (κ2) is 12.5. The molecule has 0 atom stereocenters. The summed E-state index contributed by atoms with van der Waals surface area (Å²) in [6, 6.07) is 9.94. The normalized spacial score (nSPS) is 11.8. The van der Waals surface area contributed by atoms with Gasteiger partial charge in [0.1, 0.15) is 29.0 Å². The van der Waals surface area contributed by atoms with Gasteiger partial charge >= 0.3 is 5.51 Å². The van der Waals surface area contributed by atoms with Gasteiger partial charge in [-0.1, -0.05) is 15.9 Å². The zero-order valence-electron chi connectivity index (χ0n) is 19.0. The van der Waals surface area contributed by atoms with Crippen molar-refractivity contribution in [1.82, 2.24) is 0 Å². The van der Waals surface area contributed by atoms with Crippen molar-refractivity contribution < 1.29 is 48.4 Å². The molecule has 0 fully saturated rings. The topological polar surface area (TPSA) is 66.4 Å². The maximum Gasteiger partial charge on any atom is 0.485 e. The predicted octanol–water partition coefficient (Wildman–Crippen LogP) is 6.78. The number of ether oxygens (including phenoxy) is 1. The van der Waals surface area contributed by atoms with Crippen molar-refractivity contribution in [2.75, 3.05) is 11.9 Å². The van der Waals surface area contributed by atoms with E-state index in [1.807, 2.05) is 26.0 Å². The van der Waals surface area contributed by atoms with Gasteiger partial charge in [0.2, 0.25) is 0 Å². The van der Waals surface area contributed by atoms with Crippen molar-refractivity contribution in [3.63, 3.8) is 0 Å². The molecule has 0 amide bonds. The van der Waals surface area contributed by atoms with Gasteiger partial charge < -0.3 is 9.29 Å². The summed E-state index contributed by atoms with van der Waals surface area (Å²) in [5, 5.41) is 0.670. The molecular weight excluding hydrogens is 617 g/mol. The Labute approximate surface area is 219 Å². The van der Waals surface area contributed by atoms with Crippen molar-refractivity contribution in [3.05, 3.63) is 82.9 Å². The van der Waals surface area contributed by atoms with Crippen LogP contribution in [0.5, 0.6) is 5.75 Å². The predicted molar refractivity (Wildman–Crippen MR) is 126 cm³/mol. The summed E-state index contributed by atoms with van der Waals surface area (Å²) in [5.74, 6) is -2.28. The summed E-state index contributed by atoms with van der Waals surface area (Å²) in [7, 11) is -7.21. The number of alkyl halides is 4. The van der Waals surface area contributed by atoms with Gasteiger partial charge in [-0.25, -0.2) is 26.0 Å². The third-order valence-corrected chi connectivity index (χ3v) is 7.43. The van der Waals surface area contributed by atoms with Crippen LogP contribution in [0.2, 0.25) is 0 Å². The van der Waals surface area contributed by atoms with Crippen LogP contribution in [0.25, 0.3) is 0 Å². The first-order valence-corrected chi connectivity index (χ1v) is 13.8. The summed E-state index contributed by atoms with van der Waals surface area (Å²) < 4.78 is 120. The lowest BCUT2D eigenvalue weighted by Crippen LogP contribution is -2.21. The number of halogens is 8. The highest BCUT2D eigenvalue weighted by atomic mass is 79.9. The molecule has 3 rings (SSSR count). The van der Waals surface area contributed by atoms with Crippen molar-refractivity contribution >= 4 is 36.9 Å². The second-order valence-corrected chi connectivity index (χ2v) is 11.5. The molecule has 0 spiro atoms. The maximum absolute atomic E-state index is 13.9. The average Bonchev–Trinajstić information content (AvgIpc) is 2.71. The Balaban J connectivity index is 0.000000521.